The van der Waals surface area contributed by atoms with E-state index in [-0.39, 0.29) is 6.10 Å². The van der Waals surface area contributed by atoms with Crippen molar-refractivity contribution in [2.45, 2.75) is 52.8 Å². The number of fused-ring (bicyclic) bond motifs is 1. The Kier molecular flexibility index (Phi) is 6.11. The van der Waals surface area contributed by atoms with Crippen molar-refractivity contribution in [3.8, 4) is 5.75 Å². The van der Waals surface area contributed by atoms with Crippen molar-refractivity contribution in [2.24, 2.45) is 0 Å². The maximum absolute atomic E-state index is 12.9. The summed E-state index contributed by atoms with van der Waals surface area (Å²) in [4.78, 5) is 0. The Morgan fingerprint density at radius 2 is 1.96 bits per heavy atom. The largest absolute Gasteiger partial charge is 0.485 e. The summed E-state index contributed by atoms with van der Waals surface area (Å²) in [5.74, 6) is 0.490. The van der Waals surface area contributed by atoms with Gasteiger partial charge in [0.1, 0.15) is 11.9 Å². The van der Waals surface area contributed by atoms with Crippen molar-refractivity contribution >= 4 is 5.71 Å². The molecule has 0 radical (unpaired) electrons. The molecule has 26 heavy (non-hydrogen) atoms. The van der Waals surface area contributed by atoms with E-state index < -0.39 is 11.7 Å². The lowest BCUT2D eigenvalue weighted by atomic mass is 9.98. The molecular weight excluding hydrogens is 339 g/mol. The third-order valence-electron chi connectivity index (χ3n) is 4.48. The average Bonchev–Trinajstić information content (AvgIpc) is 3.00. The van der Waals surface area contributed by atoms with Crippen LogP contribution in [0.25, 0.3) is 0 Å². The zero-order valence-electron chi connectivity index (χ0n) is 15.5. The summed E-state index contributed by atoms with van der Waals surface area (Å²) >= 11 is 0. The first-order chi connectivity index (χ1) is 12.2. The number of nitrogens with one attached hydrogen (secondary N) is 1. The third kappa shape index (κ3) is 4.65. The highest BCUT2D eigenvalue weighted by Crippen LogP contribution is 2.37. The molecule has 0 aliphatic carbocycles. The minimum Gasteiger partial charge on any atom is -0.485 e. The van der Waals surface area contributed by atoms with Crippen molar-refractivity contribution in [3.05, 3.63) is 64.3 Å². The number of hydrogen-bond donors (Lipinski definition) is 1. The molecule has 1 aliphatic rings. The van der Waals surface area contributed by atoms with E-state index in [0.29, 0.717) is 23.4 Å². The van der Waals surface area contributed by atoms with Gasteiger partial charge >= 0.3 is 6.18 Å². The third-order valence-corrected chi connectivity index (χ3v) is 4.48. The van der Waals surface area contributed by atoms with E-state index in [9.17, 15) is 13.2 Å². The maximum Gasteiger partial charge on any atom is 0.416 e. The van der Waals surface area contributed by atoms with Gasteiger partial charge in [-0.05, 0) is 68.2 Å². The molecule has 5 heteroatoms. The smallest absolute Gasteiger partial charge is 0.416 e. The van der Waals surface area contributed by atoms with Gasteiger partial charge in [-0.15, -0.1) is 0 Å². The highest BCUT2D eigenvalue weighted by Gasteiger charge is 2.33. The zero-order chi connectivity index (χ0) is 19.5. The number of allylic oxidation sites excluding steroid dienone is 4. The molecule has 0 aromatic heterocycles. The lowest BCUT2D eigenvalue weighted by molar-refractivity contribution is -0.137. The molecule has 1 aromatic rings. The van der Waals surface area contributed by atoms with Gasteiger partial charge < -0.3 is 10.1 Å². The zero-order valence-corrected chi connectivity index (χ0v) is 15.5. The van der Waals surface area contributed by atoms with Crippen LogP contribution >= 0.6 is 0 Å². The van der Waals surface area contributed by atoms with Gasteiger partial charge in [-0.1, -0.05) is 24.6 Å². The molecule has 2 rings (SSSR count). The lowest BCUT2D eigenvalue weighted by Crippen LogP contribution is -2.15. The van der Waals surface area contributed by atoms with Gasteiger partial charge in [-0.2, -0.15) is 13.2 Å². The van der Waals surface area contributed by atoms with E-state index in [1.54, 1.807) is 6.92 Å². The Morgan fingerprint density at radius 1 is 1.27 bits per heavy atom. The number of alkyl halides is 3. The molecule has 140 valence electrons. The van der Waals surface area contributed by atoms with Crippen LogP contribution < -0.4 is 4.74 Å². The van der Waals surface area contributed by atoms with Gasteiger partial charge in [0.05, 0.1) is 5.56 Å². The van der Waals surface area contributed by atoms with E-state index >= 15 is 0 Å². The van der Waals surface area contributed by atoms with Crippen molar-refractivity contribution in [2.75, 3.05) is 0 Å². The summed E-state index contributed by atoms with van der Waals surface area (Å²) in [5.41, 5.74) is 3.14. The Balaban J connectivity index is 2.29. The molecule has 1 N–H and O–H groups in total. The Hall–Kier alpha value is -2.30. The number of halogens is 3. The van der Waals surface area contributed by atoms with Gasteiger partial charge in [0, 0.05) is 12.1 Å². The first-order valence-corrected chi connectivity index (χ1v) is 8.63. The quantitative estimate of drug-likeness (QED) is 0.485. The molecule has 1 unspecified atom stereocenters. The van der Waals surface area contributed by atoms with E-state index in [1.165, 1.54) is 6.07 Å². The van der Waals surface area contributed by atoms with E-state index in [4.69, 9.17) is 10.1 Å². The minimum absolute atomic E-state index is 0.344. The molecule has 1 heterocycles. The monoisotopic (exact) mass is 363 g/mol. The van der Waals surface area contributed by atoms with E-state index in [1.807, 2.05) is 39.0 Å². The predicted molar refractivity (Wildman–Crippen MR) is 98.9 cm³/mol. The molecular formula is C21H24F3NO. The molecule has 2 nitrogen and oxygen atoms in total. The number of ether oxygens (including phenoxy) is 1. The van der Waals surface area contributed by atoms with Crippen molar-refractivity contribution in [3.63, 3.8) is 0 Å². The van der Waals surface area contributed by atoms with Crippen LogP contribution in [0.5, 0.6) is 5.75 Å². The summed E-state index contributed by atoms with van der Waals surface area (Å²) in [6, 6.07) is 3.60. The standard InChI is InChI=1S/C21H24F3NO/c1-5-13(3)9-16(14(4)25)10-15(6-2)20-12-17-11-18(21(22,23)24)7-8-19(17)26-20/h6-11,20,25H,5,12H2,1-4H3/b13-9?,15-6+,16-10+,25-14?. The van der Waals surface area contributed by atoms with E-state index in [0.717, 1.165) is 35.3 Å². The molecule has 0 saturated carbocycles. The summed E-state index contributed by atoms with van der Waals surface area (Å²) in [7, 11) is 0. The highest BCUT2D eigenvalue weighted by atomic mass is 19.4. The summed E-state index contributed by atoms with van der Waals surface area (Å²) in [5, 5.41) is 7.98. The Labute approximate surface area is 152 Å². The van der Waals surface area contributed by atoms with Crippen LogP contribution in [0.3, 0.4) is 0 Å². The second kappa shape index (κ2) is 7.94. The van der Waals surface area contributed by atoms with Crippen LogP contribution in [0, 0.1) is 5.41 Å². The predicted octanol–water partition coefficient (Wildman–Crippen LogP) is 6.28. The fraction of sp³-hybridized carbons (Fsp3) is 0.381. The van der Waals surface area contributed by atoms with Gasteiger partial charge in [-0.25, -0.2) is 0 Å². The summed E-state index contributed by atoms with van der Waals surface area (Å²) in [6.07, 6.45) is 2.32. The first-order valence-electron chi connectivity index (χ1n) is 8.63. The molecule has 0 spiro atoms. The Bertz CT molecular complexity index is 785. The number of hydrogen-bond acceptors (Lipinski definition) is 2. The molecule has 0 saturated heterocycles. The fourth-order valence-corrected chi connectivity index (χ4v) is 2.78. The van der Waals surface area contributed by atoms with Crippen molar-refractivity contribution in [1.29, 1.82) is 5.41 Å². The van der Waals surface area contributed by atoms with Crippen molar-refractivity contribution in [1.82, 2.24) is 0 Å². The van der Waals surface area contributed by atoms with Crippen LogP contribution in [0.2, 0.25) is 0 Å². The molecule has 1 aliphatic heterocycles. The highest BCUT2D eigenvalue weighted by molar-refractivity contribution is 5.99. The normalized spacial score (nSPS) is 18.6. The Morgan fingerprint density at radius 3 is 2.50 bits per heavy atom. The second-order valence-electron chi connectivity index (χ2n) is 6.49. The van der Waals surface area contributed by atoms with Crippen LogP contribution in [-0.4, -0.2) is 11.8 Å². The first kappa shape index (κ1) is 20.0. The molecule has 0 fully saturated rings. The maximum atomic E-state index is 12.9. The number of benzene rings is 1. The van der Waals surface area contributed by atoms with Crippen LogP contribution in [-0.2, 0) is 12.6 Å². The van der Waals surface area contributed by atoms with Crippen LogP contribution in [0.15, 0.2) is 53.1 Å². The average molecular weight is 363 g/mol. The molecule has 0 amide bonds. The fourth-order valence-electron chi connectivity index (χ4n) is 2.78. The number of rotatable bonds is 5. The lowest BCUT2D eigenvalue weighted by Gasteiger charge is -2.13. The van der Waals surface area contributed by atoms with Gasteiger partial charge in [-0.3, -0.25) is 0 Å². The molecule has 0 bridgehead atoms. The van der Waals surface area contributed by atoms with Crippen LogP contribution in [0.1, 0.15) is 45.2 Å². The van der Waals surface area contributed by atoms with Crippen LogP contribution in [0.4, 0.5) is 13.2 Å². The molecule has 1 aromatic carbocycles. The summed E-state index contributed by atoms with van der Waals surface area (Å²) < 4.78 is 44.6. The summed E-state index contributed by atoms with van der Waals surface area (Å²) in [6.45, 7) is 7.64. The van der Waals surface area contributed by atoms with Gasteiger partial charge in [0.2, 0.25) is 0 Å². The van der Waals surface area contributed by atoms with Gasteiger partial charge in [0.15, 0.2) is 0 Å². The van der Waals surface area contributed by atoms with E-state index in [2.05, 4.69) is 0 Å². The molecule has 1 atom stereocenters. The topological polar surface area (TPSA) is 33.1 Å². The SMILES string of the molecule is C/C=C(\C=C(/C=C(C)CC)C(C)=N)C1Cc2cc(C(F)(F)F)ccc2O1. The second-order valence-corrected chi connectivity index (χ2v) is 6.49. The van der Waals surface area contributed by atoms with Crippen molar-refractivity contribution < 1.29 is 17.9 Å². The minimum atomic E-state index is -4.36. The van der Waals surface area contributed by atoms with Gasteiger partial charge in [0.25, 0.3) is 0 Å².